The fourth-order valence-corrected chi connectivity index (χ4v) is 1.98. The minimum Gasteiger partial charge on any atom is -0.506 e. The number of nitrogens with one attached hydrogen (secondary N) is 1. The number of rotatable bonds is 7. The molecular weight excluding hydrogens is 390 g/mol. The fraction of sp³-hybridized carbons (Fsp3) is 0.250. The second kappa shape index (κ2) is 10.0. The molecule has 2 aromatic rings. The van der Waals surface area contributed by atoms with E-state index in [0.29, 0.717) is 0 Å². The summed E-state index contributed by atoms with van der Waals surface area (Å²) in [5.41, 5.74) is 9.68. The Bertz CT molecular complexity index is 864. The number of aliphatic hydroxyl groups is 3. The van der Waals surface area contributed by atoms with E-state index < -0.39 is 35.2 Å². The molecule has 0 spiro atoms. The third-order valence-electron chi connectivity index (χ3n) is 3.78. The van der Waals surface area contributed by atoms with Crippen LogP contribution in [0.2, 0.25) is 0 Å². The Morgan fingerprint density at radius 1 is 0.862 bits per heavy atom. The predicted molar refractivity (Wildman–Crippen MR) is 104 cm³/mol. The number of phenolic OH excluding ortho intramolecular Hbond substituents is 1. The lowest BCUT2D eigenvalue weighted by molar-refractivity contribution is -0.385. The molecule has 0 saturated carbocycles. The standard InChI is InChI=1S/C10H15N3O5.C6H6N2O3/c11-8-3-7(13(17)18)1-2-9(8)12-10(4-14,5-15)6-16;7-5-2-1-4(8(10)11)3-6(5)9/h1-3,12,14-16H,4-6,11H2;1-3,9H,7H2. The first kappa shape index (κ1) is 23.4. The number of nitro benzene ring substituents is 2. The van der Waals surface area contributed by atoms with Gasteiger partial charge in [0.05, 0.1) is 52.8 Å². The van der Waals surface area contributed by atoms with Crippen LogP contribution in [0.1, 0.15) is 0 Å². The molecule has 158 valence electrons. The van der Waals surface area contributed by atoms with Crippen molar-refractivity contribution in [3.8, 4) is 5.75 Å². The van der Waals surface area contributed by atoms with E-state index in [1.165, 1.54) is 24.3 Å². The summed E-state index contributed by atoms with van der Waals surface area (Å²) in [5.74, 6) is -0.265. The van der Waals surface area contributed by atoms with Gasteiger partial charge in [0.1, 0.15) is 11.3 Å². The molecule has 9 N–H and O–H groups in total. The highest BCUT2D eigenvalue weighted by molar-refractivity contribution is 5.70. The molecule has 13 heteroatoms. The second-order valence-corrected chi connectivity index (χ2v) is 5.91. The average molecular weight is 411 g/mol. The fourth-order valence-electron chi connectivity index (χ4n) is 1.98. The molecule has 0 aliphatic heterocycles. The summed E-state index contributed by atoms with van der Waals surface area (Å²) in [4.78, 5) is 19.5. The van der Waals surface area contributed by atoms with Gasteiger partial charge in [-0.1, -0.05) is 0 Å². The zero-order valence-corrected chi connectivity index (χ0v) is 15.1. The number of aliphatic hydroxyl groups excluding tert-OH is 3. The molecule has 0 atom stereocenters. The summed E-state index contributed by atoms with van der Waals surface area (Å²) >= 11 is 0. The van der Waals surface area contributed by atoms with E-state index in [9.17, 15) is 20.2 Å². The third-order valence-corrected chi connectivity index (χ3v) is 3.78. The molecule has 0 aliphatic rings. The van der Waals surface area contributed by atoms with Crippen LogP contribution in [0, 0.1) is 20.2 Å². The zero-order valence-electron chi connectivity index (χ0n) is 15.1. The van der Waals surface area contributed by atoms with E-state index >= 15 is 0 Å². The van der Waals surface area contributed by atoms with Gasteiger partial charge in [-0.15, -0.1) is 0 Å². The maximum atomic E-state index is 10.5. The quantitative estimate of drug-likeness (QED) is 0.140. The van der Waals surface area contributed by atoms with E-state index in [4.69, 9.17) is 31.9 Å². The molecule has 2 aromatic carbocycles. The first-order chi connectivity index (χ1) is 13.6. The van der Waals surface area contributed by atoms with E-state index in [1.807, 2.05) is 0 Å². The number of nitro groups is 2. The molecule has 0 heterocycles. The lowest BCUT2D eigenvalue weighted by atomic mass is 10.0. The zero-order chi connectivity index (χ0) is 22.2. The van der Waals surface area contributed by atoms with Crippen molar-refractivity contribution < 1.29 is 30.3 Å². The SMILES string of the molecule is Nc1cc([N+](=O)[O-])ccc1NC(CO)(CO)CO.Nc1ccc([N+](=O)[O-])cc1O. The summed E-state index contributed by atoms with van der Waals surface area (Å²) in [6, 6.07) is 7.26. The van der Waals surface area contributed by atoms with Gasteiger partial charge in [-0.05, 0) is 12.1 Å². The van der Waals surface area contributed by atoms with Gasteiger partial charge in [-0.3, -0.25) is 20.2 Å². The van der Waals surface area contributed by atoms with Crippen LogP contribution < -0.4 is 16.8 Å². The summed E-state index contributed by atoms with van der Waals surface area (Å²) in [5, 5.41) is 59.7. The van der Waals surface area contributed by atoms with E-state index in [2.05, 4.69) is 5.32 Å². The van der Waals surface area contributed by atoms with Crippen molar-refractivity contribution in [2.45, 2.75) is 5.54 Å². The van der Waals surface area contributed by atoms with Crippen LogP contribution >= 0.6 is 0 Å². The van der Waals surface area contributed by atoms with Crippen LogP contribution in [0.15, 0.2) is 36.4 Å². The molecule has 2 rings (SSSR count). The first-order valence-corrected chi connectivity index (χ1v) is 7.96. The lowest BCUT2D eigenvalue weighted by Gasteiger charge is -2.30. The van der Waals surface area contributed by atoms with Gasteiger partial charge in [-0.25, -0.2) is 0 Å². The van der Waals surface area contributed by atoms with Gasteiger partial charge in [0.15, 0.2) is 0 Å². The molecule has 0 aliphatic carbocycles. The van der Waals surface area contributed by atoms with Crippen molar-refractivity contribution in [2.24, 2.45) is 0 Å². The second-order valence-electron chi connectivity index (χ2n) is 5.91. The number of benzene rings is 2. The van der Waals surface area contributed by atoms with Gasteiger partial charge in [-0.2, -0.15) is 0 Å². The number of non-ortho nitro benzene ring substituents is 2. The Labute approximate surface area is 164 Å². The van der Waals surface area contributed by atoms with E-state index in [-0.39, 0.29) is 34.2 Å². The minimum atomic E-state index is -1.33. The highest BCUT2D eigenvalue weighted by Gasteiger charge is 2.28. The Kier molecular flexibility index (Phi) is 8.08. The summed E-state index contributed by atoms with van der Waals surface area (Å²) in [7, 11) is 0. The van der Waals surface area contributed by atoms with Gasteiger partial charge in [0.2, 0.25) is 0 Å². The molecule has 0 aromatic heterocycles. The highest BCUT2D eigenvalue weighted by atomic mass is 16.6. The minimum absolute atomic E-state index is 0.0870. The summed E-state index contributed by atoms with van der Waals surface area (Å²) < 4.78 is 0. The van der Waals surface area contributed by atoms with Crippen LogP contribution in [0.3, 0.4) is 0 Å². The lowest BCUT2D eigenvalue weighted by Crippen LogP contribution is -2.49. The summed E-state index contributed by atoms with van der Waals surface area (Å²) in [6.07, 6.45) is 0. The molecule has 0 fully saturated rings. The number of nitrogens with zero attached hydrogens (tertiary/aromatic N) is 2. The van der Waals surface area contributed by atoms with Crippen LogP contribution in [-0.4, -0.2) is 55.6 Å². The molecule has 0 unspecified atom stereocenters. The molecular formula is C16H21N5O8. The smallest absolute Gasteiger partial charge is 0.273 e. The molecule has 29 heavy (non-hydrogen) atoms. The number of nitrogen functional groups attached to an aromatic ring is 2. The molecule has 0 radical (unpaired) electrons. The van der Waals surface area contributed by atoms with Gasteiger partial charge in [0.25, 0.3) is 11.4 Å². The van der Waals surface area contributed by atoms with Crippen molar-refractivity contribution in [3.63, 3.8) is 0 Å². The number of aromatic hydroxyl groups is 1. The van der Waals surface area contributed by atoms with Crippen molar-refractivity contribution >= 4 is 28.4 Å². The topological polar surface area (TPSA) is 231 Å². The molecule has 13 nitrogen and oxygen atoms in total. The highest BCUT2D eigenvalue weighted by Crippen LogP contribution is 2.27. The molecule has 0 amide bonds. The van der Waals surface area contributed by atoms with Crippen molar-refractivity contribution in [1.82, 2.24) is 0 Å². The van der Waals surface area contributed by atoms with Crippen molar-refractivity contribution in [1.29, 1.82) is 0 Å². The average Bonchev–Trinajstić information content (AvgIpc) is 2.69. The van der Waals surface area contributed by atoms with Gasteiger partial charge in [0, 0.05) is 18.2 Å². The van der Waals surface area contributed by atoms with Crippen LogP contribution in [0.4, 0.5) is 28.4 Å². The number of phenols is 1. The summed E-state index contributed by atoms with van der Waals surface area (Å²) in [6.45, 7) is -1.55. The maximum absolute atomic E-state index is 10.5. The predicted octanol–water partition coefficient (Wildman–Crippen LogP) is 0.187. The van der Waals surface area contributed by atoms with Crippen molar-refractivity contribution in [3.05, 3.63) is 56.6 Å². The Balaban J connectivity index is 0.000000326. The van der Waals surface area contributed by atoms with Gasteiger partial charge < -0.3 is 37.2 Å². The monoisotopic (exact) mass is 411 g/mol. The third kappa shape index (κ3) is 6.17. The van der Waals surface area contributed by atoms with Crippen LogP contribution in [0.5, 0.6) is 5.75 Å². The van der Waals surface area contributed by atoms with Crippen LogP contribution in [0.25, 0.3) is 0 Å². The molecule has 0 bridgehead atoms. The van der Waals surface area contributed by atoms with Gasteiger partial charge >= 0.3 is 0 Å². The normalized spacial score (nSPS) is 10.6. The Morgan fingerprint density at radius 2 is 1.34 bits per heavy atom. The molecule has 0 saturated heterocycles. The number of nitrogens with two attached hydrogens (primary N) is 2. The van der Waals surface area contributed by atoms with E-state index in [1.54, 1.807) is 0 Å². The Hall–Kier alpha value is -3.68. The van der Waals surface area contributed by atoms with Crippen molar-refractivity contribution in [2.75, 3.05) is 36.6 Å². The number of anilines is 3. The maximum Gasteiger partial charge on any atom is 0.273 e. The van der Waals surface area contributed by atoms with E-state index in [0.717, 1.165) is 12.1 Å². The largest absolute Gasteiger partial charge is 0.506 e. The Morgan fingerprint density at radius 3 is 1.76 bits per heavy atom. The number of hydrogen-bond donors (Lipinski definition) is 7. The van der Waals surface area contributed by atoms with Crippen LogP contribution in [-0.2, 0) is 0 Å². The number of hydrogen-bond acceptors (Lipinski definition) is 11. The first-order valence-electron chi connectivity index (χ1n) is 7.96.